The van der Waals surface area contributed by atoms with Crippen LogP contribution in [0.4, 0.5) is 0 Å². The van der Waals surface area contributed by atoms with Crippen molar-refractivity contribution in [1.82, 2.24) is 0 Å². The van der Waals surface area contributed by atoms with Crippen molar-refractivity contribution in [3.8, 4) is 0 Å². The molecule has 0 N–H and O–H groups in total. The lowest BCUT2D eigenvalue weighted by molar-refractivity contribution is -0.138. The first kappa shape index (κ1) is 12.6. The van der Waals surface area contributed by atoms with Gasteiger partial charge in [0.25, 0.3) is 0 Å². The zero-order valence-corrected chi connectivity index (χ0v) is 9.94. The maximum absolute atomic E-state index is 11.3. The number of thioether (sulfide) groups is 1. The number of benzene rings is 1. The molecule has 1 aromatic carbocycles. The molecule has 0 radical (unpaired) electrons. The van der Waals surface area contributed by atoms with Crippen LogP contribution < -0.4 is 0 Å². The minimum atomic E-state index is -0.342. The average molecular weight is 234 g/mol. The molecule has 0 bridgehead atoms. The van der Waals surface area contributed by atoms with Gasteiger partial charge >= 0.3 is 5.97 Å². The maximum Gasteiger partial charge on any atom is 0.331 e. The Hall–Kier alpha value is -1.48. The van der Waals surface area contributed by atoms with Crippen molar-refractivity contribution >= 4 is 23.8 Å². The van der Waals surface area contributed by atoms with E-state index in [1.54, 1.807) is 18.4 Å². The number of rotatable bonds is 5. The fourth-order valence-electron chi connectivity index (χ4n) is 1.09. The molecule has 0 amide bonds. The van der Waals surface area contributed by atoms with Gasteiger partial charge < -0.3 is 4.74 Å². The van der Waals surface area contributed by atoms with Crippen LogP contribution in [0.15, 0.2) is 48.4 Å². The number of ether oxygens (including phenoxy) is 1. The van der Waals surface area contributed by atoms with E-state index in [9.17, 15) is 4.79 Å². The summed E-state index contributed by atoms with van der Waals surface area (Å²) in [6, 6.07) is 9.61. The third kappa shape index (κ3) is 4.84. The smallest absolute Gasteiger partial charge is 0.331 e. The minimum Gasteiger partial charge on any atom is -0.448 e. The van der Waals surface area contributed by atoms with Crippen molar-refractivity contribution in [3.63, 3.8) is 0 Å². The molecular formula is C13H14O2S. The second kappa shape index (κ2) is 6.90. The number of carbonyl (C=O) groups excluding carboxylic acids is 1. The lowest BCUT2D eigenvalue weighted by atomic mass is 10.2. The molecule has 3 heteroatoms. The first-order valence-electron chi connectivity index (χ1n) is 4.92. The predicted molar refractivity (Wildman–Crippen MR) is 68.8 cm³/mol. The Balaban J connectivity index is 2.45. The van der Waals surface area contributed by atoms with Crippen molar-refractivity contribution in [1.29, 1.82) is 0 Å². The summed E-state index contributed by atoms with van der Waals surface area (Å²) in [5.41, 5.74) is 0.772. The first-order valence-corrected chi connectivity index (χ1v) is 5.87. The van der Waals surface area contributed by atoms with E-state index in [4.69, 9.17) is 4.74 Å². The van der Waals surface area contributed by atoms with Crippen LogP contribution in [0.3, 0.4) is 0 Å². The van der Waals surface area contributed by atoms with Gasteiger partial charge in [0.05, 0.1) is 0 Å². The Morgan fingerprint density at radius 1 is 1.44 bits per heavy atom. The molecule has 0 saturated heterocycles. The van der Waals surface area contributed by atoms with Crippen molar-refractivity contribution < 1.29 is 9.53 Å². The highest BCUT2D eigenvalue weighted by Crippen LogP contribution is 2.12. The largest absolute Gasteiger partial charge is 0.448 e. The molecule has 1 aromatic rings. The Kier molecular flexibility index (Phi) is 5.43. The van der Waals surface area contributed by atoms with Gasteiger partial charge in [-0.3, -0.25) is 0 Å². The van der Waals surface area contributed by atoms with Crippen molar-refractivity contribution in [2.75, 3.05) is 0 Å². The van der Waals surface area contributed by atoms with Gasteiger partial charge in [0.2, 0.25) is 0 Å². The highest BCUT2D eigenvalue weighted by molar-refractivity contribution is 8.02. The lowest BCUT2D eigenvalue weighted by Gasteiger charge is -2.07. The zero-order chi connectivity index (χ0) is 11.8. The molecule has 84 valence electrons. The molecular weight excluding hydrogens is 220 g/mol. The summed E-state index contributed by atoms with van der Waals surface area (Å²) in [4.78, 5) is 11.3. The van der Waals surface area contributed by atoms with Crippen molar-refractivity contribution in [2.24, 2.45) is 0 Å². The topological polar surface area (TPSA) is 26.3 Å². The molecule has 2 nitrogen and oxygen atoms in total. The van der Waals surface area contributed by atoms with E-state index in [0.29, 0.717) is 0 Å². The Morgan fingerprint density at radius 3 is 2.75 bits per heavy atom. The number of carbonyl (C=O) groups is 1. The summed E-state index contributed by atoms with van der Waals surface area (Å²) in [7, 11) is 0. The first-order chi connectivity index (χ1) is 7.72. The molecule has 0 spiro atoms. The SMILES string of the molecule is C=CSC(C)OC(=O)/C=C/c1ccccc1. The van der Waals surface area contributed by atoms with E-state index in [2.05, 4.69) is 6.58 Å². The van der Waals surface area contributed by atoms with Crippen LogP contribution in [0.1, 0.15) is 12.5 Å². The molecule has 0 aliphatic heterocycles. The Morgan fingerprint density at radius 2 is 2.12 bits per heavy atom. The van der Waals surface area contributed by atoms with E-state index in [1.807, 2.05) is 30.3 Å². The van der Waals surface area contributed by atoms with Crippen LogP contribution in [0.5, 0.6) is 0 Å². The van der Waals surface area contributed by atoms with Crippen LogP contribution in [0, 0.1) is 0 Å². The van der Waals surface area contributed by atoms with Crippen LogP contribution >= 0.6 is 11.8 Å². The maximum atomic E-state index is 11.3. The third-order valence-corrected chi connectivity index (χ3v) is 2.45. The molecule has 0 aromatic heterocycles. The number of esters is 1. The monoisotopic (exact) mass is 234 g/mol. The van der Waals surface area contributed by atoms with E-state index < -0.39 is 0 Å². The fraction of sp³-hybridized carbons (Fsp3) is 0.154. The van der Waals surface area contributed by atoms with E-state index in [-0.39, 0.29) is 11.4 Å². The summed E-state index contributed by atoms with van der Waals surface area (Å²) >= 11 is 1.37. The van der Waals surface area contributed by atoms with Gasteiger partial charge in [-0.15, -0.1) is 0 Å². The zero-order valence-electron chi connectivity index (χ0n) is 9.13. The molecule has 0 saturated carbocycles. The molecule has 1 atom stereocenters. The summed E-state index contributed by atoms with van der Waals surface area (Å²) in [5, 5.41) is 1.65. The van der Waals surface area contributed by atoms with Gasteiger partial charge in [-0.2, -0.15) is 0 Å². The lowest BCUT2D eigenvalue weighted by Crippen LogP contribution is -2.08. The van der Waals surface area contributed by atoms with Crippen molar-refractivity contribution in [2.45, 2.75) is 12.4 Å². The molecule has 0 heterocycles. The highest BCUT2D eigenvalue weighted by Gasteiger charge is 2.04. The van der Waals surface area contributed by atoms with Gasteiger partial charge in [0.15, 0.2) is 0 Å². The highest BCUT2D eigenvalue weighted by atomic mass is 32.2. The molecule has 1 unspecified atom stereocenters. The van der Waals surface area contributed by atoms with Gasteiger partial charge in [0.1, 0.15) is 5.44 Å². The summed E-state index contributed by atoms with van der Waals surface area (Å²) < 4.78 is 5.08. The summed E-state index contributed by atoms with van der Waals surface area (Å²) in [5.74, 6) is -0.342. The van der Waals surface area contributed by atoms with Crippen LogP contribution in [0.25, 0.3) is 6.08 Å². The number of hydrogen-bond donors (Lipinski definition) is 0. The summed E-state index contributed by atoms with van der Waals surface area (Å²) in [6.07, 6.45) is 3.16. The molecule has 0 aliphatic rings. The minimum absolute atomic E-state index is 0.203. The van der Waals surface area contributed by atoms with Gasteiger partial charge in [-0.05, 0) is 24.0 Å². The predicted octanol–water partition coefficient (Wildman–Crippen LogP) is 3.47. The van der Waals surface area contributed by atoms with Crippen LogP contribution in [-0.4, -0.2) is 11.4 Å². The molecule has 0 aliphatic carbocycles. The van der Waals surface area contributed by atoms with E-state index >= 15 is 0 Å². The Labute approximate surface area is 100 Å². The van der Waals surface area contributed by atoms with Gasteiger partial charge in [-0.1, -0.05) is 48.7 Å². The van der Waals surface area contributed by atoms with Gasteiger partial charge in [0, 0.05) is 6.08 Å². The van der Waals surface area contributed by atoms with Crippen molar-refractivity contribution in [3.05, 3.63) is 54.0 Å². The van der Waals surface area contributed by atoms with E-state index in [1.165, 1.54) is 17.8 Å². The quantitative estimate of drug-likeness (QED) is 0.443. The molecule has 16 heavy (non-hydrogen) atoms. The Bertz CT molecular complexity index is 371. The normalized spacial score (nSPS) is 12.3. The van der Waals surface area contributed by atoms with Gasteiger partial charge in [-0.25, -0.2) is 4.79 Å². The third-order valence-electron chi connectivity index (χ3n) is 1.78. The second-order valence-electron chi connectivity index (χ2n) is 3.05. The van der Waals surface area contributed by atoms with Crippen LogP contribution in [0.2, 0.25) is 0 Å². The number of hydrogen-bond acceptors (Lipinski definition) is 3. The molecule has 1 rings (SSSR count). The van der Waals surface area contributed by atoms with E-state index in [0.717, 1.165) is 5.56 Å². The molecule has 0 fully saturated rings. The average Bonchev–Trinajstić information content (AvgIpc) is 2.28. The second-order valence-corrected chi connectivity index (χ2v) is 4.32. The standard InChI is InChI=1S/C13H14O2S/c1-3-16-11(2)15-13(14)10-9-12-7-5-4-6-8-12/h3-11H,1H2,2H3/b10-9+. The summed E-state index contributed by atoms with van der Waals surface area (Å²) in [6.45, 7) is 5.36. The van der Waals surface area contributed by atoms with Crippen LogP contribution in [-0.2, 0) is 9.53 Å². The fourth-order valence-corrected chi connectivity index (χ4v) is 1.52.